The molecule has 0 aromatic heterocycles. The van der Waals surface area contributed by atoms with Crippen LogP contribution in [0.15, 0.2) is 48.5 Å². The van der Waals surface area contributed by atoms with Crippen LogP contribution in [0.5, 0.6) is 0 Å². The summed E-state index contributed by atoms with van der Waals surface area (Å²) in [4.78, 5) is 26.8. The van der Waals surface area contributed by atoms with Gasteiger partial charge in [-0.25, -0.2) is 0 Å². The van der Waals surface area contributed by atoms with Crippen LogP contribution in [0.3, 0.4) is 0 Å². The van der Waals surface area contributed by atoms with E-state index in [0.717, 1.165) is 58.4 Å². The SMILES string of the molecule is CCCCCCCCCCCCCCCC(=O)c1cccc2cc3cccc(C(=O)CCCCCCCCCCCCCCC)c3cc12. The lowest BCUT2D eigenvalue weighted by atomic mass is 9.92. The molecule has 0 aliphatic heterocycles. The fraction of sp³-hybridized carbons (Fsp3) is 0.652. The van der Waals surface area contributed by atoms with Gasteiger partial charge in [0.15, 0.2) is 11.6 Å². The molecule has 0 unspecified atom stereocenters. The van der Waals surface area contributed by atoms with Gasteiger partial charge in [0.25, 0.3) is 0 Å². The topological polar surface area (TPSA) is 34.1 Å². The van der Waals surface area contributed by atoms with Crippen LogP contribution in [-0.2, 0) is 0 Å². The highest BCUT2D eigenvalue weighted by Crippen LogP contribution is 2.30. The van der Waals surface area contributed by atoms with Crippen LogP contribution in [0, 0.1) is 0 Å². The van der Waals surface area contributed by atoms with Crippen molar-refractivity contribution in [2.45, 2.75) is 194 Å². The summed E-state index contributed by atoms with van der Waals surface area (Å²) in [6, 6.07) is 16.5. The quantitative estimate of drug-likeness (QED) is 0.0407. The van der Waals surface area contributed by atoms with Crippen molar-refractivity contribution in [1.82, 2.24) is 0 Å². The first-order valence-corrected chi connectivity index (χ1v) is 20.7. The third kappa shape index (κ3) is 15.4. The maximum atomic E-state index is 13.4. The zero-order valence-corrected chi connectivity index (χ0v) is 31.2. The van der Waals surface area contributed by atoms with Crippen LogP contribution in [0.1, 0.15) is 214 Å². The number of carbonyl (C=O) groups is 2. The van der Waals surface area contributed by atoms with Crippen LogP contribution in [0.25, 0.3) is 21.5 Å². The molecule has 3 aromatic rings. The smallest absolute Gasteiger partial charge is 0.163 e. The zero-order chi connectivity index (χ0) is 34.1. The summed E-state index contributed by atoms with van der Waals surface area (Å²) in [6.07, 6.45) is 35.3. The van der Waals surface area contributed by atoms with Gasteiger partial charge in [-0.05, 0) is 46.5 Å². The van der Waals surface area contributed by atoms with Crippen molar-refractivity contribution in [3.8, 4) is 0 Å². The maximum absolute atomic E-state index is 13.4. The lowest BCUT2D eigenvalue weighted by Gasteiger charge is -2.11. The predicted molar refractivity (Wildman–Crippen MR) is 211 cm³/mol. The van der Waals surface area contributed by atoms with Crippen molar-refractivity contribution in [3.05, 3.63) is 59.7 Å². The van der Waals surface area contributed by atoms with Gasteiger partial charge in [-0.1, -0.05) is 204 Å². The molecule has 0 amide bonds. The number of fused-ring (bicyclic) bond motifs is 2. The van der Waals surface area contributed by atoms with E-state index in [1.54, 1.807) is 0 Å². The molecule has 2 heteroatoms. The van der Waals surface area contributed by atoms with Crippen molar-refractivity contribution in [3.63, 3.8) is 0 Å². The second kappa shape index (κ2) is 25.5. The highest BCUT2D eigenvalue weighted by atomic mass is 16.1. The molecule has 266 valence electrons. The monoisotopic (exact) mass is 655 g/mol. The zero-order valence-electron chi connectivity index (χ0n) is 31.2. The molecular formula is C46H70O2. The molecule has 0 spiro atoms. The number of hydrogen-bond donors (Lipinski definition) is 0. The predicted octanol–water partition coefficient (Wildman–Crippen LogP) is 15.3. The Balaban J connectivity index is 1.39. The van der Waals surface area contributed by atoms with Crippen LogP contribution < -0.4 is 0 Å². The Hall–Kier alpha value is -2.48. The van der Waals surface area contributed by atoms with Gasteiger partial charge in [-0.2, -0.15) is 0 Å². The molecule has 0 atom stereocenters. The summed E-state index contributed by atoms with van der Waals surface area (Å²) in [5, 5.41) is 4.15. The summed E-state index contributed by atoms with van der Waals surface area (Å²) < 4.78 is 0. The van der Waals surface area contributed by atoms with Gasteiger partial charge < -0.3 is 0 Å². The Morgan fingerprint density at radius 3 is 0.979 bits per heavy atom. The second-order valence-electron chi connectivity index (χ2n) is 14.7. The average molecular weight is 655 g/mol. The first kappa shape index (κ1) is 40.0. The number of hydrogen-bond acceptors (Lipinski definition) is 2. The number of unbranched alkanes of at least 4 members (excludes halogenated alkanes) is 24. The fourth-order valence-electron chi connectivity index (χ4n) is 7.41. The van der Waals surface area contributed by atoms with Gasteiger partial charge in [0.2, 0.25) is 0 Å². The summed E-state index contributed by atoms with van der Waals surface area (Å²) >= 11 is 0. The molecule has 0 aliphatic carbocycles. The Labute approximate surface area is 295 Å². The average Bonchev–Trinajstić information content (AvgIpc) is 3.10. The summed E-state index contributed by atoms with van der Waals surface area (Å²) in [5.41, 5.74) is 1.62. The van der Waals surface area contributed by atoms with Crippen molar-refractivity contribution >= 4 is 33.1 Å². The molecular weight excluding hydrogens is 585 g/mol. The Morgan fingerprint density at radius 1 is 0.375 bits per heavy atom. The summed E-state index contributed by atoms with van der Waals surface area (Å²) in [6.45, 7) is 4.56. The molecule has 0 heterocycles. The molecule has 2 nitrogen and oxygen atoms in total. The van der Waals surface area contributed by atoms with Gasteiger partial charge >= 0.3 is 0 Å². The highest BCUT2D eigenvalue weighted by molar-refractivity contribution is 6.15. The van der Waals surface area contributed by atoms with Gasteiger partial charge in [0, 0.05) is 24.0 Å². The lowest BCUT2D eigenvalue weighted by Crippen LogP contribution is -2.02. The summed E-state index contributed by atoms with van der Waals surface area (Å²) in [7, 11) is 0. The molecule has 0 N–H and O–H groups in total. The van der Waals surface area contributed by atoms with E-state index < -0.39 is 0 Å². The van der Waals surface area contributed by atoms with Crippen LogP contribution in [-0.4, -0.2) is 11.6 Å². The molecule has 0 radical (unpaired) electrons. The van der Waals surface area contributed by atoms with E-state index in [-0.39, 0.29) is 11.6 Å². The number of carbonyl (C=O) groups excluding carboxylic acids is 2. The lowest BCUT2D eigenvalue weighted by molar-refractivity contribution is 0.0973. The van der Waals surface area contributed by atoms with Crippen LogP contribution in [0.2, 0.25) is 0 Å². The van der Waals surface area contributed by atoms with E-state index in [4.69, 9.17) is 0 Å². The van der Waals surface area contributed by atoms with E-state index in [0.29, 0.717) is 12.8 Å². The Kier molecular flexibility index (Phi) is 21.2. The number of rotatable bonds is 30. The van der Waals surface area contributed by atoms with Gasteiger partial charge in [0.1, 0.15) is 0 Å². The molecule has 48 heavy (non-hydrogen) atoms. The maximum Gasteiger partial charge on any atom is 0.163 e. The Morgan fingerprint density at radius 2 is 0.667 bits per heavy atom. The molecule has 0 bridgehead atoms. The normalized spacial score (nSPS) is 11.5. The minimum Gasteiger partial charge on any atom is -0.294 e. The molecule has 0 aliphatic rings. The van der Waals surface area contributed by atoms with E-state index in [9.17, 15) is 9.59 Å². The van der Waals surface area contributed by atoms with Gasteiger partial charge in [-0.3, -0.25) is 9.59 Å². The van der Waals surface area contributed by atoms with Crippen molar-refractivity contribution in [1.29, 1.82) is 0 Å². The minimum absolute atomic E-state index is 0.235. The minimum atomic E-state index is 0.235. The van der Waals surface area contributed by atoms with Crippen LogP contribution in [0.4, 0.5) is 0 Å². The first-order chi connectivity index (χ1) is 23.7. The van der Waals surface area contributed by atoms with E-state index in [1.807, 2.05) is 24.3 Å². The fourth-order valence-corrected chi connectivity index (χ4v) is 7.41. The third-order valence-corrected chi connectivity index (χ3v) is 10.5. The molecule has 0 saturated heterocycles. The van der Waals surface area contributed by atoms with Crippen molar-refractivity contribution < 1.29 is 9.59 Å². The third-order valence-electron chi connectivity index (χ3n) is 10.5. The first-order valence-electron chi connectivity index (χ1n) is 20.7. The Bertz CT molecular complexity index is 1210. The van der Waals surface area contributed by atoms with Crippen LogP contribution >= 0.6 is 0 Å². The molecule has 3 aromatic carbocycles. The van der Waals surface area contributed by atoms with Gasteiger partial charge in [-0.15, -0.1) is 0 Å². The van der Waals surface area contributed by atoms with Crippen molar-refractivity contribution in [2.24, 2.45) is 0 Å². The number of ketones is 2. The standard InChI is InChI=1S/C46H70O2/c1-3-5-7-9-11-13-15-17-19-21-23-25-27-35-45(47)41-33-29-31-39-37-40-32-30-34-42(44(40)38-43(39)41)46(48)36-28-26-24-22-20-18-16-14-12-10-8-6-4-2/h29-34,37-38H,3-28,35-36H2,1-2H3. The largest absolute Gasteiger partial charge is 0.294 e. The summed E-state index contributed by atoms with van der Waals surface area (Å²) in [5.74, 6) is 0.470. The van der Waals surface area contributed by atoms with E-state index >= 15 is 0 Å². The van der Waals surface area contributed by atoms with Crippen molar-refractivity contribution in [2.75, 3.05) is 0 Å². The second-order valence-corrected chi connectivity index (χ2v) is 14.7. The molecule has 3 rings (SSSR count). The number of Topliss-reactive ketones (excluding diaryl/α,β-unsaturated/α-hetero) is 2. The highest BCUT2D eigenvalue weighted by Gasteiger charge is 2.14. The molecule has 0 saturated carbocycles. The number of benzene rings is 3. The molecule has 0 fully saturated rings. The van der Waals surface area contributed by atoms with Gasteiger partial charge in [0.05, 0.1) is 0 Å². The van der Waals surface area contributed by atoms with E-state index in [2.05, 4.69) is 38.1 Å². The van der Waals surface area contributed by atoms with E-state index in [1.165, 1.54) is 141 Å².